The van der Waals surface area contributed by atoms with Crippen LogP contribution in [0.3, 0.4) is 0 Å². The van der Waals surface area contributed by atoms with Crippen LogP contribution in [0.1, 0.15) is 6.42 Å². The summed E-state index contributed by atoms with van der Waals surface area (Å²) < 4.78 is 0. The number of thiol groups is 1. The number of hydrogen-bond donors (Lipinski definition) is 1. The lowest BCUT2D eigenvalue weighted by Crippen LogP contribution is -1.78. The van der Waals surface area contributed by atoms with Crippen molar-refractivity contribution >= 4 is 30.0 Å². The fourth-order valence-electron chi connectivity index (χ4n) is 0.195. The molecule has 0 amide bonds. The van der Waals surface area contributed by atoms with Crippen molar-refractivity contribution in [3.05, 3.63) is 0 Å². The van der Waals surface area contributed by atoms with Crippen LogP contribution in [-0.2, 0) is 0 Å². The van der Waals surface area contributed by atoms with Crippen molar-refractivity contribution in [1.29, 1.82) is 0 Å². The molecule has 0 aliphatic rings. The van der Waals surface area contributed by atoms with Gasteiger partial charge in [0.15, 0.2) is 0 Å². The van der Waals surface area contributed by atoms with Crippen LogP contribution in [0.25, 0.3) is 0 Å². The van der Waals surface area contributed by atoms with Gasteiger partial charge in [-0.25, -0.2) is 4.99 Å². The zero-order valence-electron chi connectivity index (χ0n) is 3.92. The summed E-state index contributed by atoms with van der Waals surface area (Å²) in [6, 6.07) is 0. The van der Waals surface area contributed by atoms with Gasteiger partial charge in [-0.3, -0.25) is 0 Å². The van der Waals surface area contributed by atoms with E-state index in [1.165, 1.54) is 0 Å². The monoisotopic (exact) mass is 133 g/mol. The predicted molar refractivity (Wildman–Crippen MR) is 38.4 cm³/mol. The number of thiocarbonyl (C=S) groups is 1. The Bertz CT molecular complexity index is 75.8. The van der Waals surface area contributed by atoms with Crippen molar-refractivity contribution in [2.45, 2.75) is 6.42 Å². The second-order valence-corrected chi connectivity index (χ2v) is 1.68. The topological polar surface area (TPSA) is 12.4 Å². The van der Waals surface area contributed by atoms with Crippen molar-refractivity contribution in [3.63, 3.8) is 0 Å². The van der Waals surface area contributed by atoms with Gasteiger partial charge in [0, 0.05) is 0 Å². The highest BCUT2D eigenvalue weighted by atomic mass is 32.1. The van der Waals surface area contributed by atoms with Crippen LogP contribution >= 0.6 is 24.8 Å². The predicted octanol–water partition coefficient (Wildman–Crippen LogP) is 1.41. The number of isothiocyanates is 1. The molecule has 0 fully saturated rings. The highest BCUT2D eigenvalue weighted by Gasteiger charge is 1.74. The Balaban J connectivity index is 2.83. The van der Waals surface area contributed by atoms with Gasteiger partial charge < -0.3 is 0 Å². The van der Waals surface area contributed by atoms with Crippen LogP contribution in [-0.4, -0.2) is 17.5 Å². The Labute approximate surface area is 54.2 Å². The van der Waals surface area contributed by atoms with Crippen LogP contribution in [0, 0.1) is 0 Å². The summed E-state index contributed by atoms with van der Waals surface area (Å²) in [5.74, 6) is 0.876. The maximum absolute atomic E-state index is 4.32. The first-order valence-corrected chi connectivity index (χ1v) is 3.10. The molecule has 7 heavy (non-hydrogen) atoms. The molecule has 0 saturated heterocycles. The average Bonchev–Trinajstić information content (AvgIpc) is 1.69. The van der Waals surface area contributed by atoms with E-state index in [1.54, 1.807) is 0 Å². The van der Waals surface area contributed by atoms with Crippen molar-refractivity contribution in [2.75, 3.05) is 12.3 Å². The van der Waals surface area contributed by atoms with E-state index < -0.39 is 0 Å². The molecule has 0 aliphatic heterocycles. The molecular weight excluding hydrogens is 126 g/mol. The Morgan fingerprint density at radius 1 is 1.71 bits per heavy atom. The molecule has 0 bridgehead atoms. The fourth-order valence-corrected chi connectivity index (χ4v) is 0.428. The van der Waals surface area contributed by atoms with Gasteiger partial charge in [-0.05, 0) is 24.4 Å². The molecular formula is C4H7NS2. The van der Waals surface area contributed by atoms with Gasteiger partial charge in [-0.15, -0.1) is 0 Å². The fraction of sp³-hybridized carbons (Fsp3) is 0.750. The molecule has 0 spiro atoms. The smallest absolute Gasteiger partial charge is 0.0584 e. The largest absolute Gasteiger partial charge is 0.233 e. The first kappa shape index (κ1) is 7.15. The Morgan fingerprint density at radius 2 is 2.43 bits per heavy atom. The minimum Gasteiger partial charge on any atom is -0.233 e. The highest BCUT2D eigenvalue weighted by Crippen LogP contribution is 1.81. The highest BCUT2D eigenvalue weighted by molar-refractivity contribution is 7.80. The van der Waals surface area contributed by atoms with E-state index in [1.807, 2.05) is 0 Å². The van der Waals surface area contributed by atoms with Crippen molar-refractivity contribution in [3.8, 4) is 0 Å². The summed E-state index contributed by atoms with van der Waals surface area (Å²) in [6.07, 6.45) is 0.993. The summed E-state index contributed by atoms with van der Waals surface area (Å²) in [5, 5.41) is 2.28. The molecule has 40 valence electrons. The molecule has 0 saturated carbocycles. The zero-order valence-corrected chi connectivity index (χ0v) is 5.63. The molecule has 0 aromatic heterocycles. The quantitative estimate of drug-likeness (QED) is 0.266. The van der Waals surface area contributed by atoms with E-state index in [0.29, 0.717) is 0 Å². The van der Waals surface area contributed by atoms with Crippen molar-refractivity contribution in [2.24, 2.45) is 4.99 Å². The third-order valence-corrected chi connectivity index (χ3v) is 0.938. The number of hydrogen-bond acceptors (Lipinski definition) is 3. The number of nitrogens with zero attached hydrogens (tertiary/aromatic N) is 1. The molecule has 0 radical (unpaired) electrons. The van der Waals surface area contributed by atoms with E-state index in [0.717, 1.165) is 18.7 Å². The maximum atomic E-state index is 4.32. The van der Waals surface area contributed by atoms with Gasteiger partial charge in [0.25, 0.3) is 0 Å². The van der Waals surface area contributed by atoms with E-state index >= 15 is 0 Å². The van der Waals surface area contributed by atoms with E-state index in [4.69, 9.17) is 0 Å². The number of aliphatic imine (C=N–C) groups is 1. The standard InChI is InChI=1S/C4H7NS2/c6-3-1-2-5-4-7/h6H,1-3H2. The molecule has 1 nitrogen and oxygen atoms in total. The molecule has 0 aliphatic carbocycles. The Morgan fingerprint density at radius 3 is 2.86 bits per heavy atom. The lowest BCUT2D eigenvalue weighted by Gasteiger charge is -1.81. The van der Waals surface area contributed by atoms with Gasteiger partial charge >= 0.3 is 0 Å². The van der Waals surface area contributed by atoms with Gasteiger partial charge in [0.05, 0.1) is 11.7 Å². The molecule has 3 heteroatoms. The summed E-state index contributed by atoms with van der Waals surface area (Å²) >= 11 is 8.30. The van der Waals surface area contributed by atoms with Crippen molar-refractivity contribution in [1.82, 2.24) is 0 Å². The van der Waals surface area contributed by atoms with E-state index in [-0.39, 0.29) is 0 Å². The Kier molecular flexibility index (Phi) is 6.28. The third kappa shape index (κ3) is 6.15. The van der Waals surface area contributed by atoms with Crippen molar-refractivity contribution < 1.29 is 0 Å². The maximum Gasteiger partial charge on any atom is 0.0584 e. The second kappa shape index (κ2) is 6.15. The summed E-state index contributed by atoms with van der Waals surface area (Å²) in [5.41, 5.74) is 0. The van der Waals surface area contributed by atoms with Gasteiger partial charge in [0.2, 0.25) is 0 Å². The Hall–Kier alpha value is 0.150. The van der Waals surface area contributed by atoms with Gasteiger partial charge in [-0.2, -0.15) is 12.6 Å². The first-order chi connectivity index (χ1) is 3.41. The van der Waals surface area contributed by atoms with Gasteiger partial charge in [-0.1, -0.05) is 0 Å². The summed E-state index contributed by atoms with van der Waals surface area (Å²) in [6.45, 7) is 0.771. The molecule has 0 N–H and O–H groups in total. The minimum absolute atomic E-state index is 0.771. The lowest BCUT2D eigenvalue weighted by molar-refractivity contribution is 0.953. The molecule has 0 heterocycles. The zero-order chi connectivity index (χ0) is 5.54. The molecule has 0 atom stereocenters. The molecule has 0 rings (SSSR count). The van der Waals surface area contributed by atoms with E-state index in [2.05, 4.69) is 35.0 Å². The first-order valence-electron chi connectivity index (χ1n) is 2.06. The third-order valence-electron chi connectivity index (χ3n) is 0.493. The molecule has 0 aromatic rings. The summed E-state index contributed by atoms with van der Waals surface area (Å²) in [7, 11) is 0. The molecule has 0 aromatic carbocycles. The van der Waals surface area contributed by atoms with Crippen LogP contribution in [0.15, 0.2) is 4.99 Å². The molecule has 0 unspecified atom stereocenters. The van der Waals surface area contributed by atoms with Gasteiger partial charge in [0.1, 0.15) is 0 Å². The lowest BCUT2D eigenvalue weighted by atomic mass is 10.5. The second-order valence-electron chi connectivity index (χ2n) is 1.05. The average molecular weight is 133 g/mol. The van der Waals surface area contributed by atoms with Crippen LogP contribution in [0.4, 0.5) is 0 Å². The van der Waals surface area contributed by atoms with Crippen LogP contribution in [0.5, 0.6) is 0 Å². The minimum atomic E-state index is 0.771. The van der Waals surface area contributed by atoms with E-state index in [9.17, 15) is 0 Å². The van der Waals surface area contributed by atoms with Crippen LogP contribution < -0.4 is 0 Å². The SMILES string of the molecule is S=C=NCCCS. The summed E-state index contributed by atoms with van der Waals surface area (Å²) in [4.78, 5) is 3.68. The normalized spacial score (nSPS) is 7.57. The number of rotatable bonds is 3. The van der Waals surface area contributed by atoms with Crippen LogP contribution in [0.2, 0.25) is 0 Å².